The Bertz CT molecular complexity index is 606. The topological polar surface area (TPSA) is 59.1 Å². The Morgan fingerprint density at radius 1 is 1.29 bits per heavy atom. The average molecular weight is 307 g/mol. The average Bonchev–Trinajstić information content (AvgIpc) is 2.48. The normalized spacial score (nSPS) is 11.8. The Hall–Kier alpha value is -2.01. The Kier molecular flexibility index (Phi) is 5.22. The van der Waals surface area contributed by atoms with Crippen molar-refractivity contribution in [1.29, 1.82) is 0 Å². The van der Waals surface area contributed by atoms with Crippen LogP contribution in [0.2, 0.25) is 5.02 Å². The van der Waals surface area contributed by atoms with Gasteiger partial charge in [-0.2, -0.15) is 0 Å². The number of aromatic nitrogens is 2. The molecule has 0 fully saturated rings. The molecule has 112 valence electrons. The van der Waals surface area contributed by atoms with Crippen molar-refractivity contribution in [3.63, 3.8) is 0 Å². The summed E-state index contributed by atoms with van der Waals surface area (Å²) in [6.07, 6.45) is 1.51. The van der Waals surface area contributed by atoms with Gasteiger partial charge in [-0.05, 0) is 31.5 Å². The van der Waals surface area contributed by atoms with Gasteiger partial charge in [0.15, 0.2) is 11.6 Å². The van der Waals surface area contributed by atoms with Crippen molar-refractivity contribution in [2.24, 2.45) is 0 Å². The van der Waals surface area contributed by atoms with Crippen LogP contribution in [0.4, 0.5) is 11.6 Å². The van der Waals surface area contributed by atoms with E-state index in [4.69, 9.17) is 16.3 Å². The number of hydrogen-bond acceptors (Lipinski definition) is 5. The first-order valence-corrected chi connectivity index (χ1v) is 7.18. The van der Waals surface area contributed by atoms with Crippen molar-refractivity contribution < 1.29 is 4.74 Å². The lowest BCUT2D eigenvalue weighted by molar-refractivity contribution is 0.414. The highest BCUT2D eigenvalue weighted by Gasteiger charge is 2.14. The summed E-state index contributed by atoms with van der Waals surface area (Å²) in [7, 11) is 1.61. The summed E-state index contributed by atoms with van der Waals surface area (Å²) in [6.45, 7) is 4.81. The number of benzene rings is 1. The molecule has 0 spiro atoms. The second-order valence-corrected chi connectivity index (χ2v) is 4.99. The van der Waals surface area contributed by atoms with Crippen LogP contribution in [0.15, 0.2) is 30.6 Å². The van der Waals surface area contributed by atoms with Gasteiger partial charge < -0.3 is 15.4 Å². The third-order valence-electron chi connectivity index (χ3n) is 3.05. The van der Waals surface area contributed by atoms with Crippen molar-refractivity contribution >= 4 is 23.2 Å². The molecule has 2 aromatic rings. The summed E-state index contributed by atoms with van der Waals surface area (Å²) in [4.78, 5) is 8.45. The van der Waals surface area contributed by atoms with Crippen LogP contribution < -0.4 is 15.4 Å². The highest BCUT2D eigenvalue weighted by molar-refractivity contribution is 6.30. The van der Waals surface area contributed by atoms with E-state index in [2.05, 4.69) is 20.6 Å². The zero-order valence-corrected chi connectivity index (χ0v) is 13.1. The largest absolute Gasteiger partial charge is 0.490 e. The monoisotopic (exact) mass is 306 g/mol. The first-order valence-electron chi connectivity index (χ1n) is 6.80. The number of nitrogens with one attached hydrogen (secondary N) is 2. The van der Waals surface area contributed by atoms with E-state index in [1.165, 1.54) is 6.33 Å². The fourth-order valence-corrected chi connectivity index (χ4v) is 2.23. The molecule has 0 saturated heterocycles. The molecule has 0 aliphatic rings. The maximum Gasteiger partial charge on any atom is 0.204 e. The molecule has 2 N–H and O–H groups in total. The second kappa shape index (κ2) is 7.13. The predicted molar refractivity (Wildman–Crippen MR) is 86.2 cm³/mol. The standard InChI is InChI=1S/C15H19ClN4O/c1-4-17-14-13(21-3)15(19-9-18-14)20-10(2)11-6-5-7-12(16)8-11/h5-10H,4H2,1-3H3,(H2,17,18,19,20). The summed E-state index contributed by atoms with van der Waals surface area (Å²) in [5, 5.41) is 7.19. The Morgan fingerprint density at radius 2 is 2.05 bits per heavy atom. The van der Waals surface area contributed by atoms with E-state index >= 15 is 0 Å². The van der Waals surface area contributed by atoms with Gasteiger partial charge >= 0.3 is 0 Å². The maximum absolute atomic E-state index is 6.03. The zero-order chi connectivity index (χ0) is 15.2. The number of methoxy groups -OCH3 is 1. The van der Waals surface area contributed by atoms with E-state index in [0.29, 0.717) is 22.4 Å². The van der Waals surface area contributed by atoms with Gasteiger partial charge in [-0.1, -0.05) is 23.7 Å². The highest BCUT2D eigenvalue weighted by atomic mass is 35.5. The Balaban J connectivity index is 2.24. The zero-order valence-electron chi connectivity index (χ0n) is 12.4. The van der Waals surface area contributed by atoms with Crippen LogP contribution in [-0.4, -0.2) is 23.6 Å². The van der Waals surface area contributed by atoms with E-state index in [-0.39, 0.29) is 6.04 Å². The van der Waals surface area contributed by atoms with Crippen LogP contribution in [0, 0.1) is 0 Å². The van der Waals surface area contributed by atoms with Gasteiger partial charge in [-0.25, -0.2) is 9.97 Å². The lowest BCUT2D eigenvalue weighted by atomic mass is 10.1. The summed E-state index contributed by atoms with van der Waals surface area (Å²) in [5.74, 6) is 1.93. The third kappa shape index (κ3) is 3.76. The Morgan fingerprint density at radius 3 is 2.71 bits per heavy atom. The molecular weight excluding hydrogens is 288 g/mol. The molecule has 1 heterocycles. The van der Waals surface area contributed by atoms with E-state index in [1.54, 1.807) is 7.11 Å². The lowest BCUT2D eigenvalue weighted by Crippen LogP contribution is -2.11. The van der Waals surface area contributed by atoms with Gasteiger partial charge in [-0.3, -0.25) is 0 Å². The molecule has 2 rings (SSSR count). The lowest BCUT2D eigenvalue weighted by Gasteiger charge is -2.18. The molecule has 1 unspecified atom stereocenters. The molecule has 5 nitrogen and oxygen atoms in total. The molecule has 1 aromatic heterocycles. The molecule has 0 radical (unpaired) electrons. The molecule has 0 aliphatic carbocycles. The summed E-state index contributed by atoms with van der Waals surface area (Å²) in [6, 6.07) is 7.77. The number of ether oxygens (including phenoxy) is 1. The van der Waals surface area contributed by atoms with Crippen LogP contribution in [0.5, 0.6) is 5.75 Å². The van der Waals surface area contributed by atoms with Crippen molar-refractivity contribution in [1.82, 2.24) is 9.97 Å². The molecule has 0 amide bonds. The predicted octanol–water partition coefficient (Wildman–Crippen LogP) is 3.74. The number of hydrogen-bond donors (Lipinski definition) is 2. The second-order valence-electron chi connectivity index (χ2n) is 4.56. The molecule has 0 bridgehead atoms. The van der Waals surface area contributed by atoms with E-state index in [1.807, 2.05) is 38.1 Å². The van der Waals surface area contributed by atoms with Gasteiger partial charge in [0, 0.05) is 11.6 Å². The van der Waals surface area contributed by atoms with Crippen LogP contribution in [0.25, 0.3) is 0 Å². The van der Waals surface area contributed by atoms with E-state index < -0.39 is 0 Å². The fraction of sp³-hybridized carbons (Fsp3) is 0.333. The quantitative estimate of drug-likeness (QED) is 0.851. The molecule has 0 saturated carbocycles. The maximum atomic E-state index is 6.03. The van der Waals surface area contributed by atoms with Crippen LogP contribution in [0.3, 0.4) is 0 Å². The molecule has 21 heavy (non-hydrogen) atoms. The van der Waals surface area contributed by atoms with Crippen LogP contribution in [0.1, 0.15) is 25.5 Å². The fourth-order valence-electron chi connectivity index (χ4n) is 2.03. The highest BCUT2D eigenvalue weighted by Crippen LogP contribution is 2.31. The number of halogens is 1. The first kappa shape index (κ1) is 15.4. The Labute approximate surface area is 129 Å². The number of nitrogens with zero attached hydrogens (tertiary/aromatic N) is 2. The minimum atomic E-state index is 0.0435. The minimum Gasteiger partial charge on any atom is -0.490 e. The molecular formula is C15H19ClN4O. The summed E-state index contributed by atoms with van der Waals surface area (Å²) in [5.41, 5.74) is 1.08. The van der Waals surface area contributed by atoms with Crippen molar-refractivity contribution in [2.45, 2.75) is 19.9 Å². The van der Waals surface area contributed by atoms with Crippen molar-refractivity contribution in [3.8, 4) is 5.75 Å². The van der Waals surface area contributed by atoms with Crippen LogP contribution >= 0.6 is 11.6 Å². The molecule has 1 atom stereocenters. The van der Waals surface area contributed by atoms with Crippen molar-refractivity contribution in [2.75, 3.05) is 24.3 Å². The summed E-state index contributed by atoms with van der Waals surface area (Å²) >= 11 is 6.03. The van der Waals surface area contributed by atoms with Gasteiger partial charge in [0.1, 0.15) is 6.33 Å². The van der Waals surface area contributed by atoms with E-state index in [0.717, 1.165) is 12.1 Å². The molecule has 0 aliphatic heterocycles. The molecule has 6 heteroatoms. The minimum absolute atomic E-state index is 0.0435. The van der Waals surface area contributed by atoms with Gasteiger partial charge in [0.05, 0.1) is 13.2 Å². The summed E-state index contributed by atoms with van der Waals surface area (Å²) < 4.78 is 5.41. The van der Waals surface area contributed by atoms with Crippen molar-refractivity contribution in [3.05, 3.63) is 41.2 Å². The van der Waals surface area contributed by atoms with E-state index in [9.17, 15) is 0 Å². The van der Waals surface area contributed by atoms with Gasteiger partial charge in [0.25, 0.3) is 0 Å². The van der Waals surface area contributed by atoms with Gasteiger partial charge in [-0.15, -0.1) is 0 Å². The molecule has 1 aromatic carbocycles. The number of anilines is 2. The van der Waals surface area contributed by atoms with Crippen LogP contribution in [-0.2, 0) is 0 Å². The number of rotatable bonds is 6. The first-order chi connectivity index (χ1) is 10.2. The SMILES string of the molecule is CCNc1ncnc(NC(C)c2cccc(Cl)c2)c1OC. The third-order valence-corrected chi connectivity index (χ3v) is 3.29. The smallest absolute Gasteiger partial charge is 0.204 e. The van der Waals surface area contributed by atoms with Gasteiger partial charge in [0.2, 0.25) is 5.75 Å².